The van der Waals surface area contributed by atoms with Crippen LogP contribution in [0.4, 0.5) is 0 Å². The number of phenolic OH excluding ortho intramolecular Hbond substituents is 1. The maximum absolute atomic E-state index is 12.1. The summed E-state index contributed by atoms with van der Waals surface area (Å²) in [5, 5.41) is 20.4. The van der Waals surface area contributed by atoms with Gasteiger partial charge in [0.25, 0.3) is 0 Å². The minimum atomic E-state index is -0.739. The summed E-state index contributed by atoms with van der Waals surface area (Å²) in [5.74, 6) is -0.185. The highest BCUT2D eigenvalue weighted by Crippen LogP contribution is 2.61. The Morgan fingerprint density at radius 2 is 1.96 bits per heavy atom. The first kappa shape index (κ1) is 18.2. The SMILES string of the molecule is CO[C@@H]1C[C@H]2[C@@](C)(C(=O)O)CCC[C@]2(C)c2ccc(O)c(C(C)C)c21. The molecule has 0 spiro atoms. The van der Waals surface area contributed by atoms with Crippen molar-refractivity contribution in [2.45, 2.75) is 70.8 Å². The molecule has 0 unspecified atom stereocenters. The number of carboxylic acid groups (broad SMARTS) is 1. The van der Waals surface area contributed by atoms with Crippen LogP contribution in [0.1, 0.15) is 82.1 Å². The third kappa shape index (κ3) is 2.49. The van der Waals surface area contributed by atoms with Gasteiger partial charge in [0, 0.05) is 12.7 Å². The molecule has 25 heavy (non-hydrogen) atoms. The van der Waals surface area contributed by atoms with Crippen molar-refractivity contribution in [3.05, 3.63) is 28.8 Å². The first-order valence-electron chi connectivity index (χ1n) is 9.29. The molecule has 0 saturated heterocycles. The molecule has 2 N–H and O–H groups in total. The van der Waals surface area contributed by atoms with Gasteiger partial charge in [-0.25, -0.2) is 0 Å². The summed E-state index contributed by atoms with van der Waals surface area (Å²) >= 11 is 0. The molecule has 1 aromatic rings. The van der Waals surface area contributed by atoms with E-state index >= 15 is 0 Å². The molecule has 0 amide bonds. The van der Waals surface area contributed by atoms with Gasteiger partial charge in [0.05, 0.1) is 11.5 Å². The molecule has 0 aliphatic heterocycles. The van der Waals surface area contributed by atoms with Crippen molar-refractivity contribution >= 4 is 5.97 Å². The van der Waals surface area contributed by atoms with E-state index in [1.54, 1.807) is 13.2 Å². The predicted molar refractivity (Wildman–Crippen MR) is 97.0 cm³/mol. The number of carboxylic acids is 1. The maximum atomic E-state index is 12.1. The Labute approximate surface area is 150 Å². The number of phenols is 1. The van der Waals surface area contributed by atoms with Crippen molar-refractivity contribution < 1.29 is 19.7 Å². The van der Waals surface area contributed by atoms with Crippen molar-refractivity contribution in [1.29, 1.82) is 0 Å². The zero-order valence-electron chi connectivity index (χ0n) is 15.9. The fraction of sp³-hybridized carbons (Fsp3) is 0.667. The van der Waals surface area contributed by atoms with E-state index in [2.05, 4.69) is 20.8 Å². The van der Waals surface area contributed by atoms with E-state index in [1.165, 1.54) is 5.56 Å². The van der Waals surface area contributed by atoms with Gasteiger partial charge in [-0.2, -0.15) is 0 Å². The summed E-state index contributed by atoms with van der Waals surface area (Å²) in [7, 11) is 1.69. The normalized spacial score (nSPS) is 34.5. The average Bonchev–Trinajstić information content (AvgIpc) is 2.53. The Hall–Kier alpha value is -1.55. The van der Waals surface area contributed by atoms with Gasteiger partial charge in [-0.15, -0.1) is 0 Å². The van der Waals surface area contributed by atoms with Gasteiger partial charge in [-0.05, 0) is 60.6 Å². The minimum Gasteiger partial charge on any atom is -0.508 e. The van der Waals surface area contributed by atoms with E-state index in [4.69, 9.17) is 4.74 Å². The summed E-state index contributed by atoms with van der Waals surface area (Å²) in [6, 6.07) is 3.78. The second-order valence-electron chi connectivity index (χ2n) is 8.62. The van der Waals surface area contributed by atoms with E-state index in [9.17, 15) is 15.0 Å². The molecule has 2 aliphatic rings. The molecule has 0 aromatic heterocycles. The second-order valence-corrected chi connectivity index (χ2v) is 8.62. The van der Waals surface area contributed by atoms with Crippen LogP contribution >= 0.6 is 0 Å². The summed E-state index contributed by atoms with van der Waals surface area (Å²) < 4.78 is 5.83. The van der Waals surface area contributed by atoms with Gasteiger partial charge in [0.2, 0.25) is 0 Å². The standard InChI is InChI=1S/C21H30O4/c1-12(2)17-14(22)8-7-13-18(17)15(25-5)11-16-20(13,3)9-6-10-21(16,4)19(23)24/h7-8,12,15-16,22H,6,9-11H2,1-5H3,(H,23,24)/t15-,16-,20-,21+/m1/s1. The van der Waals surface area contributed by atoms with Crippen LogP contribution < -0.4 is 0 Å². The third-order valence-electron chi connectivity index (χ3n) is 6.93. The van der Waals surface area contributed by atoms with Crippen molar-refractivity contribution in [2.24, 2.45) is 11.3 Å². The zero-order valence-corrected chi connectivity index (χ0v) is 15.9. The van der Waals surface area contributed by atoms with Crippen molar-refractivity contribution in [3.8, 4) is 5.75 Å². The number of hydrogen-bond acceptors (Lipinski definition) is 3. The zero-order chi connectivity index (χ0) is 18.6. The molecule has 138 valence electrons. The summed E-state index contributed by atoms with van der Waals surface area (Å²) in [6.45, 7) is 8.28. The highest BCUT2D eigenvalue weighted by atomic mass is 16.5. The molecule has 1 fully saturated rings. The molecule has 0 bridgehead atoms. The van der Waals surface area contributed by atoms with Gasteiger partial charge in [-0.1, -0.05) is 33.3 Å². The van der Waals surface area contributed by atoms with Gasteiger partial charge < -0.3 is 14.9 Å². The van der Waals surface area contributed by atoms with E-state index in [-0.39, 0.29) is 23.4 Å². The molecule has 0 heterocycles. The molecule has 1 aromatic carbocycles. The topological polar surface area (TPSA) is 66.8 Å². The van der Waals surface area contributed by atoms with Gasteiger partial charge >= 0.3 is 5.97 Å². The summed E-state index contributed by atoms with van der Waals surface area (Å²) in [4.78, 5) is 12.1. The highest BCUT2D eigenvalue weighted by Gasteiger charge is 2.57. The van der Waals surface area contributed by atoms with E-state index in [0.29, 0.717) is 18.6 Å². The molecule has 2 aliphatic carbocycles. The number of fused-ring (bicyclic) bond motifs is 3. The lowest BCUT2D eigenvalue weighted by molar-refractivity contribution is -0.159. The minimum absolute atomic E-state index is 0.0215. The molecule has 4 nitrogen and oxygen atoms in total. The van der Waals surface area contributed by atoms with Crippen molar-refractivity contribution in [3.63, 3.8) is 0 Å². The smallest absolute Gasteiger partial charge is 0.309 e. The Balaban J connectivity index is 2.26. The van der Waals surface area contributed by atoms with Gasteiger partial charge in [0.1, 0.15) is 5.75 Å². The summed E-state index contributed by atoms with van der Waals surface area (Å²) in [5.41, 5.74) is 2.27. The lowest BCUT2D eigenvalue weighted by atomic mass is 9.49. The summed E-state index contributed by atoms with van der Waals surface area (Å²) in [6.07, 6.45) is 3.11. The van der Waals surface area contributed by atoms with Crippen molar-refractivity contribution in [1.82, 2.24) is 0 Å². The molecule has 4 heteroatoms. The molecule has 0 radical (unpaired) electrons. The van der Waals surface area contributed by atoms with Crippen LogP contribution in [0, 0.1) is 11.3 Å². The van der Waals surface area contributed by atoms with Crippen LogP contribution in [0.2, 0.25) is 0 Å². The number of methoxy groups -OCH3 is 1. The van der Waals surface area contributed by atoms with Crippen LogP contribution in [0.25, 0.3) is 0 Å². The first-order valence-corrected chi connectivity index (χ1v) is 9.29. The Bertz CT molecular complexity index is 695. The number of aromatic hydroxyl groups is 1. The predicted octanol–water partition coefficient (Wildman–Crippen LogP) is 4.76. The van der Waals surface area contributed by atoms with Crippen LogP contribution in [-0.4, -0.2) is 23.3 Å². The largest absolute Gasteiger partial charge is 0.508 e. The Morgan fingerprint density at radius 3 is 2.52 bits per heavy atom. The lowest BCUT2D eigenvalue weighted by Gasteiger charge is -2.55. The Kier molecular flexibility index (Phi) is 4.39. The van der Waals surface area contributed by atoms with E-state index in [0.717, 1.165) is 24.0 Å². The molecule has 3 rings (SSSR count). The first-order chi connectivity index (χ1) is 11.7. The van der Waals surface area contributed by atoms with Crippen molar-refractivity contribution in [2.75, 3.05) is 7.11 Å². The fourth-order valence-electron chi connectivity index (χ4n) is 5.60. The number of ether oxygens (including phenoxy) is 1. The van der Waals surface area contributed by atoms with Crippen LogP contribution in [0.5, 0.6) is 5.75 Å². The highest BCUT2D eigenvalue weighted by molar-refractivity contribution is 5.75. The lowest BCUT2D eigenvalue weighted by Crippen LogP contribution is -2.53. The number of hydrogen-bond donors (Lipinski definition) is 2. The van der Waals surface area contributed by atoms with Crippen LogP contribution in [0.3, 0.4) is 0 Å². The third-order valence-corrected chi connectivity index (χ3v) is 6.93. The molecule has 1 saturated carbocycles. The Morgan fingerprint density at radius 1 is 1.28 bits per heavy atom. The number of benzene rings is 1. The number of rotatable bonds is 3. The molecular formula is C21H30O4. The van der Waals surface area contributed by atoms with Crippen LogP contribution in [-0.2, 0) is 14.9 Å². The van der Waals surface area contributed by atoms with Gasteiger partial charge in [0.15, 0.2) is 0 Å². The average molecular weight is 346 g/mol. The molecule has 4 atom stereocenters. The quantitative estimate of drug-likeness (QED) is 0.828. The van der Waals surface area contributed by atoms with E-state index < -0.39 is 11.4 Å². The van der Waals surface area contributed by atoms with E-state index in [1.807, 2.05) is 13.0 Å². The fourth-order valence-corrected chi connectivity index (χ4v) is 5.60. The number of aliphatic carboxylic acids is 1. The van der Waals surface area contributed by atoms with Gasteiger partial charge in [-0.3, -0.25) is 4.79 Å². The number of carbonyl (C=O) groups is 1. The van der Waals surface area contributed by atoms with Crippen LogP contribution in [0.15, 0.2) is 12.1 Å². The monoisotopic (exact) mass is 346 g/mol. The molecular weight excluding hydrogens is 316 g/mol. The second kappa shape index (κ2) is 6.01. The maximum Gasteiger partial charge on any atom is 0.309 e.